The van der Waals surface area contributed by atoms with E-state index < -0.39 is 5.97 Å². The number of hydrogen-bond donors (Lipinski definition) is 0. The Labute approximate surface area is 130 Å². The summed E-state index contributed by atoms with van der Waals surface area (Å²) in [5.41, 5.74) is 0.909. The number of rotatable bonds is 3. The molecule has 1 aliphatic rings. The van der Waals surface area contributed by atoms with Gasteiger partial charge in [-0.3, -0.25) is 0 Å². The summed E-state index contributed by atoms with van der Waals surface area (Å²) in [6, 6.07) is 12.6. The van der Waals surface area contributed by atoms with Crippen molar-refractivity contribution in [2.24, 2.45) is 0 Å². The van der Waals surface area contributed by atoms with Gasteiger partial charge in [-0.2, -0.15) is 0 Å². The van der Waals surface area contributed by atoms with Crippen LogP contribution in [0.15, 0.2) is 53.0 Å². The molecule has 0 aromatic heterocycles. The topological polar surface area (TPSA) is 44.8 Å². The first kappa shape index (κ1) is 13.7. The molecule has 0 bridgehead atoms. The van der Waals surface area contributed by atoms with Gasteiger partial charge in [0.2, 0.25) is 6.79 Å². The van der Waals surface area contributed by atoms with Gasteiger partial charge >= 0.3 is 5.97 Å². The molecular weight excluding hydrogens is 336 g/mol. The van der Waals surface area contributed by atoms with Gasteiger partial charge in [-0.15, -0.1) is 0 Å². The zero-order valence-corrected chi connectivity index (χ0v) is 12.5. The van der Waals surface area contributed by atoms with Crippen molar-refractivity contribution < 1.29 is 19.0 Å². The smallest absolute Gasteiger partial charge is 0.336 e. The van der Waals surface area contributed by atoms with Gasteiger partial charge in [0.1, 0.15) is 5.75 Å². The third kappa shape index (κ3) is 3.44. The number of benzene rings is 2. The molecule has 1 heterocycles. The van der Waals surface area contributed by atoms with E-state index in [2.05, 4.69) is 15.9 Å². The molecule has 0 atom stereocenters. The molecule has 4 nitrogen and oxygen atoms in total. The molecule has 0 unspecified atom stereocenters. The average molecular weight is 347 g/mol. The Balaban J connectivity index is 1.66. The first-order valence-electron chi connectivity index (χ1n) is 6.26. The van der Waals surface area contributed by atoms with Crippen molar-refractivity contribution in [2.45, 2.75) is 0 Å². The van der Waals surface area contributed by atoms with E-state index in [1.165, 1.54) is 6.08 Å². The molecule has 2 aromatic rings. The molecule has 21 heavy (non-hydrogen) atoms. The molecule has 0 saturated heterocycles. The molecule has 5 heteroatoms. The van der Waals surface area contributed by atoms with Crippen molar-refractivity contribution >= 4 is 28.0 Å². The van der Waals surface area contributed by atoms with Gasteiger partial charge in [0.15, 0.2) is 11.5 Å². The summed E-state index contributed by atoms with van der Waals surface area (Å²) in [6.07, 6.45) is 3.08. The SMILES string of the molecule is O=C(/C=C/c1cccc(Br)c1)Oc1ccc2c(c1)OCO2. The zero-order valence-electron chi connectivity index (χ0n) is 10.9. The number of fused-ring (bicyclic) bond motifs is 1. The van der Waals surface area contributed by atoms with E-state index in [-0.39, 0.29) is 6.79 Å². The third-order valence-corrected chi connectivity index (χ3v) is 3.32. The number of hydrogen-bond acceptors (Lipinski definition) is 4. The van der Waals surface area contributed by atoms with Crippen LogP contribution in [0.3, 0.4) is 0 Å². The highest BCUT2D eigenvalue weighted by molar-refractivity contribution is 9.10. The quantitative estimate of drug-likeness (QED) is 0.481. The first-order valence-corrected chi connectivity index (χ1v) is 7.05. The van der Waals surface area contributed by atoms with E-state index in [0.29, 0.717) is 17.2 Å². The Morgan fingerprint density at radius 1 is 1.14 bits per heavy atom. The predicted octanol–water partition coefficient (Wildman–Crippen LogP) is 3.80. The maximum absolute atomic E-state index is 11.8. The van der Waals surface area contributed by atoms with Crippen LogP contribution in [0.2, 0.25) is 0 Å². The highest BCUT2D eigenvalue weighted by atomic mass is 79.9. The fraction of sp³-hybridized carbons (Fsp3) is 0.0625. The van der Waals surface area contributed by atoms with E-state index in [1.807, 2.05) is 24.3 Å². The van der Waals surface area contributed by atoms with Crippen molar-refractivity contribution in [2.75, 3.05) is 6.79 Å². The second-order valence-corrected chi connectivity index (χ2v) is 5.24. The van der Waals surface area contributed by atoms with E-state index in [4.69, 9.17) is 14.2 Å². The minimum atomic E-state index is -0.450. The van der Waals surface area contributed by atoms with Gasteiger partial charge in [-0.05, 0) is 35.9 Å². The highest BCUT2D eigenvalue weighted by Gasteiger charge is 2.14. The summed E-state index contributed by atoms with van der Waals surface area (Å²) in [6.45, 7) is 0.190. The molecule has 0 amide bonds. The monoisotopic (exact) mass is 346 g/mol. The van der Waals surface area contributed by atoms with Crippen molar-refractivity contribution in [3.8, 4) is 17.2 Å². The minimum Gasteiger partial charge on any atom is -0.454 e. The van der Waals surface area contributed by atoms with Crippen LogP contribution in [0.1, 0.15) is 5.56 Å². The molecule has 0 radical (unpaired) electrons. The molecule has 0 saturated carbocycles. The summed E-state index contributed by atoms with van der Waals surface area (Å²) in [5.74, 6) is 1.20. The number of carbonyl (C=O) groups is 1. The number of ether oxygens (including phenoxy) is 3. The zero-order chi connectivity index (χ0) is 14.7. The molecule has 0 aliphatic carbocycles. The maximum atomic E-state index is 11.8. The first-order chi connectivity index (χ1) is 10.2. The van der Waals surface area contributed by atoms with Gasteiger partial charge in [0, 0.05) is 16.6 Å². The van der Waals surface area contributed by atoms with Crippen LogP contribution in [0.25, 0.3) is 6.08 Å². The fourth-order valence-corrected chi connectivity index (χ4v) is 2.28. The maximum Gasteiger partial charge on any atom is 0.336 e. The molecule has 2 aromatic carbocycles. The van der Waals surface area contributed by atoms with Crippen LogP contribution in [0, 0.1) is 0 Å². The predicted molar refractivity (Wildman–Crippen MR) is 81.4 cm³/mol. The van der Waals surface area contributed by atoms with Crippen LogP contribution < -0.4 is 14.2 Å². The van der Waals surface area contributed by atoms with Crippen molar-refractivity contribution in [1.82, 2.24) is 0 Å². The number of halogens is 1. The Kier molecular flexibility index (Phi) is 3.92. The lowest BCUT2D eigenvalue weighted by atomic mass is 10.2. The van der Waals surface area contributed by atoms with Gasteiger partial charge in [0.25, 0.3) is 0 Å². The molecule has 0 fully saturated rings. The van der Waals surface area contributed by atoms with E-state index in [9.17, 15) is 4.79 Å². The van der Waals surface area contributed by atoms with E-state index in [1.54, 1.807) is 24.3 Å². The molecular formula is C16H11BrO4. The third-order valence-electron chi connectivity index (χ3n) is 2.82. The summed E-state index contributed by atoms with van der Waals surface area (Å²) in [4.78, 5) is 11.8. The van der Waals surface area contributed by atoms with Crippen LogP contribution in [0.5, 0.6) is 17.2 Å². The minimum absolute atomic E-state index is 0.190. The van der Waals surface area contributed by atoms with Crippen molar-refractivity contribution in [1.29, 1.82) is 0 Å². The van der Waals surface area contributed by atoms with Crippen LogP contribution >= 0.6 is 15.9 Å². The fourth-order valence-electron chi connectivity index (χ4n) is 1.87. The van der Waals surface area contributed by atoms with Gasteiger partial charge in [-0.25, -0.2) is 4.79 Å². The molecule has 106 valence electrons. The lowest BCUT2D eigenvalue weighted by Gasteiger charge is -2.02. The highest BCUT2D eigenvalue weighted by Crippen LogP contribution is 2.35. The van der Waals surface area contributed by atoms with Crippen molar-refractivity contribution in [3.05, 3.63) is 58.6 Å². The van der Waals surface area contributed by atoms with E-state index >= 15 is 0 Å². The van der Waals surface area contributed by atoms with Crippen LogP contribution in [-0.4, -0.2) is 12.8 Å². The van der Waals surface area contributed by atoms with Crippen LogP contribution in [0.4, 0.5) is 0 Å². The second kappa shape index (κ2) is 6.01. The Morgan fingerprint density at radius 3 is 2.86 bits per heavy atom. The van der Waals surface area contributed by atoms with Gasteiger partial charge < -0.3 is 14.2 Å². The summed E-state index contributed by atoms with van der Waals surface area (Å²) < 4.78 is 16.6. The Morgan fingerprint density at radius 2 is 2.00 bits per heavy atom. The number of esters is 1. The lowest BCUT2D eigenvalue weighted by molar-refractivity contribution is -0.128. The second-order valence-electron chi connectivity index (χ2n) is 4.32. The van der Waals surface area contributed by atoms with Crippen LogP contribution in [-0.2, 0) is 4.79 Å². The summed E-state index contributed by atoms with van der Waals surface area (Å²) >= 11 is 3.38. The molecule has 1 aliphatic heterocycles. The van der Waals surface area contributed by atoms with Gasteiger partial charge in [-0.1, -0.05) is 28.1 Å². The Bertz CT molecular complexity index is 709. The Hall–Kier alpha value is -2.27. The largest absolute Gasteiger partial charge is 0.454 e. The average Bonchev–Trinajstić information content (AvgIpc) is 2.93. The van der Waals surface area contributed by atoms with Crippen molar-refractivity contribution in [3.63, 3.8) is 0 Å². The standard InChI is InChI=1S/C16H11BrO4/c17-12-3-1-2-11(8-12)4-7-16(18)21-13-5-6-14-15(9-13)20-10-19-14/h1-9H,10H2/b7-4+. The summed E-state index contributed by atoms with van der Waals surface area (Å²) in [7, 11) is 0. The normalized spacial score (nSPS) is 12.6. The molecule has 3 rings (SSSR count). The molecule has 0 N–H and O–H groups in total. The number of carbonyl (C=O) groups excluding carboxylic acids is 1. The van der Waals surface area contributed by atoms with Gasteiger partial charge in [0.05, 0.1) is 0 Å². The lowest BCUT2D eigenvalue weighted by Crippen LogP contribution is -2.03. The summed E-state index contributed by atoms with van der Waals surface area (Å²) in [5, 5.41) is 0. The van der Waals surface area contributed by atoms with E-state index in [0.717, 1.165) is 10.0 Å². The molecule has 0 spiro atoms.